The van der Waals surface area contributed by atoms with Crippen LogP contribution in [0.2, 0.25) is 0 Å². The second kappa shape index (κ2) is 5.45. The van der Waals surface area contributed by atoms with Gasteiger partial charge in [0.15, 0.2) is 0 Å². The summed E-state index contributed by atoms with van der Waals surface area (Å²) in [5, 5.41) is 0. The maximum atomic E-state index is 11.7. The smallest absolute Gasteiger partial charge is 0.264 e. The van der Waals surface area contributed by atoms with Crippen molar-refractivity contribution in [2.75, 3.05) is 0 Å². The van der Waals surface area contributed by atoms with Gasteiger partial charge in [0.2, 0.25) is 0 Å². The fourth-order valence-corrected chi connectivity index (χ4v) is 1.90. The third-order valence-corrected chi connectivity index (χ3v) is 3.48. The minimum absolute atomic E-state index is 0.0387. The highest BCUT2D eigenvalue weighted by molar-refractivity contribution is 7.93. The summed E-state index contributed by atoms with van der Waals surface area (Å²) in [6.45, 7) is 4.79. The molecule has 0 aromatic heterocycles. The molecule has 0 heterocycles. The van der Waals surface area contributed by atoms with Crippen molar-refractivity contribution in [3.63, 3.8) is 0 Å². The maximum Gasteiger partial charge on any atom is 0.264 e. The highest BCUT2D eigenvalue weighted by atomic mass is 32.2. The normalized spacial score (nSPS) is 11.9. The van der Waals surface area contributed by atoms with Gasteiger partial charge in [-0.05, 0) is 25.1 Å². The molecule has 1 aromatic rings. The molecule has 0 aliphatic heterocycles. The van der Waals surface area contributed by atoms with Gasteiger partial charge in [0.05, 0.1) is 4.91 Å². The van der Waals surface area contributed by atoms with E-state index in [0.29, 0.717) is 5.56 Å². The van der Waals surface area contributed by atoms with Gasteiger partial charge in [-0.15, -0.1) is 0 Å². The van der Waals surface area contributed by atoms with Crippen LogP contribution in [0.3, 0.4) is 0 Å². The van der Waals surface area contributed by atoms with Gasteiger partial charge in [0, 0.05) is 5.56 Å². The van der Waals surface area contributed by atoms with Crippen LogP contribution in [0.25, 0.3) is 0 Å². The Morgan fingerprint density at radius 3 is 2.41 bits per heavy atom. The number of sulfonamides is 1. The van der Waals surface area contributed by atoms with Crippen molar-refractivity contribution < 1.29 is 13.2 Å². The molecule has 0 unspecified atom stereocenters. The molecule has 90 valence electrons. The molecule has 1 amide bonds. The number of allylic oxidation sites excluding steroid dienone is 3. The molecule has 0 aliphatic rings. The third-order valence-electron chi connectivity index (χ3n) is 2.04. The van der Waals surface area contributed by atoms with Crippen molar-refractivity contribution in [2.24, 2.45) is 0 Å². The molecule has 0 fully saturated rings. The summed E-state index contributed by atoms with van der Waals surface area (Å²) in [6, 6.07) is 8.14. The van der Waals surface area contributed by atoms with E-state index in [1.54, 1.807) is 18.2 Å². The molecule has 4 nitrogen and oxygen atoms in total. The Labute approximate surface area is 101 Å². The third kappa shape index (κ3) is 3.57. The van der Waals surface area contributed by atoms with Gasteiger partial charge in [-0.3, -0.25) is 4.79 Å². The Kier molecular flexibility index (Phi) is 4.23. The molecule has 5 heteroatoms. The van der Waals surface area contributed by atoms with Gasteiger partial charge in [-0.2, -0.15) is 0 Å². The number of nitrogens with one attached hydrogen (secondary N) is 1. The fraction of sp³-hybridized carbons (Fsp3) is 0.0833. The van der Waals surface area contributed by atoms with Crippen molar-refractivity contribution in [2.45, 2.75) is 6.92 Å². The van der Waals surface area contributed by atoms with E-state index in [2.05, 4.69) is 6.58 Å². The Hall–Kier alpha value is -1.88. The molecule has 0 radical (unpaired) electrons. The van der Waals surface area contributed by atoms with Crippen molar-refractivity contribution in [1.29, 1.82) is 0 Å². The van der Waals surface area contributed by atoms with Crippen LogP contribution in [0.4, 0.5) is 0 Å². The molecule has 1 rings (SSSR count). The zero-order valence-electron chi connectivity index (χ0n) is 9.38. The van der Waals surface area contributed by atoms with E-state index >= 15 is 0 Å². The van der Waals surface area contributed by atoms with Gasteiger partial charge in [-0.25, -0.2) is 13.1 Å². The lowest BCUT2D eigenvalue weighted by Crippen LogP contribution is -2.30. The summed E-state index contributed by atoms with van der Waals surface area (Å²) in [4.78, 5) is 11.7. The number of carbonyl (C=O) groups is 1. The van der Waals surface area contributed by atoms with E-state index < -0.39 is 15.9 Å². The molecule has 0 saturated heterocycles. The number of carbonyl (C=O) groups excluding carboxylic acids is 1. The lowest BCUT2D eigenvalue weighted by atomic mass is 10.2. The van der Waals surface area contributed by atoms with E-state index in [9.17, 15) is 13.2 Å². The van der Waals surface area contributed by atoms with E-state index in [1.165, 1.54) is 31.2 Å². The van der Waals surface area contributed by atoms with E-state index in [-0.39, 0.29) is 4.91 Å². The molecule has 0 spiro atoms. The maximum absolute atomic E-state index is 11.7. The Morgan fingerprint density at radius 1 is 1.29 bits per heavy atom. The van der Waals surface area contributed by atoms with Crippen molar-refractivity contribution >= 4 is 15.9 Å². The Morgan fingerprint density at radius 2 is 1.88 bits per heavy atom. The minimum atomic E-state index is -3.78. The first-order valence-corrected chi connectivity index (χ1v) is 6.37. The first kappa shape index (κ1) is 13.2. The minimum Gasteiger partial charge on any atom is -0.268 e. The van der Waals surface area contributed by atoms with Crippen molar-refractivity contribution in [3.8, 4) is 0 Å². The topological polar surface area (TPSA) is 63.2 Å². The van der Waals surface area contributed by atoms with E-state index in [4.69, 9.17) is 0 Å². The molecular weight excluding hydrogens is 238 g/mol. The quantitative estimate of drug-likeness (QED) is 0.830. The Balaban J connectivity index is 2.90. The second-order valence-electron chi connectivity index (χ2n) is 3.31. The SMILES string of the molecule is C=CC=C(C)S(=O)(=O)NC(=O)c1ccccc1. The van der Waals surface area contributed by atoms with Gasteiger partial charge in [-0.1, -0.05) is 30.9 Å². The lowest BCUT2D eigenvalue weighted by Gasteiger charge is -2.06. The summed E-state index contributed by atoms with van der Waals surface area (Å²) < 4.78 is 25.3. The van der Waals surface area contributed by atoms with Crippen LogP contribution < -0.4 is 4.72 Å². The number of hydrogen-bond acceptors (Lipinski definition) is 3. The molecule has 1 N–H and O–H groups in total. The molecule has 0 bridgehead atoms. The molecule has 17 heavy (non-hydrogen) atoms. The zero-order valence-corrected chi connectivity index (χ0v) is 10.2. The highest BCUT2D eigenvalue weighted by Gasteiger charge is 2.17. The van der Waals surface area contributed by atoms with Gasteiger partial charge >= 0.3 is 0 Å². The average Bonchev–Trinajstić information content (AvgIpc) is 2.30. The monoisotopic (exact) mass is 251 g/mol. The summed E-state index contributed by atoms with van der Waals surface area (Å²) in [5.41, 5.74) is 0.294. The van der Waals surface area contributed by atoms with E-state index in [0.717, 1.165) is 0 Å². The molecule has 1 aromatic carbocycles. The molecule has 0 atom stereocenters. The highest BCUT2D eigenvalue weighted by Crippen LogP contribution is 2.05. The number of hydrogen-bond donors (Lipinski definition) is 1. The van der Waals surface area contributed by atoms with Gasteiger partial charge < -0.3 is 0 Å². The molecule has 0 saturated carbocycles. The van der Waals surface area contributed by atoms with Gasteiger partial charge in [0.25, 0.3) is 15.9 Å². The van der Waals surface area contributed by atoms with Crippen LogP contribution in [0, 0.1) is 0 Å². The van der Waals surface area contributed by atoms with Crippen molar-refractivity contribution in [1.82, 2.24) is 4.72 Å². The van der Waals surface area contributed by atoms with Crippen LogP contribution >= 0.6 is 0 Å². The summed E-state index contributed by atoms with van der Waals surface area (Å²) in [6.07, 6.45) is 2.67. The first-order valence-electron chi connectivity index (χ1n) is 4.89. The molecular formula is C12H13NO3S. The largest absolute Gasteiger partial charge is 0.268 e. The summed E-state index contributed by atoms with van der Waals surface area (Å²) in [5.74, 6) is -0.651. The second-order valence-corrected chi connectivity index (χ2v) is 5.17. The predicted molar refractivity (Wildman–Crippen MR) is 66.8 cm³/mol. The first-order chi connectivity index (χ1) is 7.97. The average molecular weight is 251 g/mol. The lowest BCUT2D eigenvalue weighted by molar-refractivity contribution is 0.0981. The zero-order chi connectivity index (χ0) is 12.9. The summed E-state index contributed by atoms with van der Waals surface area (Å²) in [7, 11) is -3.78. The van der Waals surface area contributed by atoms with Crippen LogP contribution in [0.5, 0.6) is 0 Å². The van der Waals surface area contributed by atoms with Crippen molar-refractivity contribution in [3.05, 3.63) is 59.5 Å². The molecule has 0 aliphatic carbocycles. The number of benzene rings is 1. The standard InChI is InChI=1S/C12H13NO3S/c1-3-7-10(2)17(15,16)13-12(14)11-8-5-4-6-9-11/h3-9H,1H2,2H3,(H,13,14). The number of amides is 1. The number of rotatable bonds is 4. The van der Waals surface area contributed by atoms with Crippen LogP contribution in [-0.4, -0.2) is 14.3 Å². The van der Waals surface area contributed by atoms with Crippen LogP contribution in [0.15, 0.2) is 54.0 Å². The predicted octanol–water partition coefficient (Wildman–Crippen LogP) is 1.84. The Bertz CT molecular complexity index is 544. The van der Waals surface area contributed by atoms with Crippen LogP contribution in [0.1, 0.15) is 17.3 Å². The summed E-state index contributed by atoms with van der Waals surface area (Å²) >= 11 is 0. The van der Waals surface area contributed by atoms with Gasteiger partial charge in [0.1, 0.15) is 0 Å². The fourth-order valence-electron chi connectivity index (χ4n) is 1.11. The van der Waals surface area contributed by atoms with Crippen LogP contribution in [-0.2, 0) is 10.0 Å². The van der Waals surface area contributed by atoms with E-state index in [1.807, 2.05) is 4.72 Å².